The van der Waals surface area contributed by atoms with Gasteiger partial charge < -0.3 is 39.6 Å². The number of aromatic nitrogens is 1. The molecule has 0 radical (unpaired) electrons. The van der Waals surface area contributed by atoms with Crippen molar-refractivity contribution in [2.24, 2.45) is 0 Å². The van der Waals surface area contributed by atoms with Crippen LogP contribution in [0.25, 0.3) is 10.9 Å². The topological polar surface area (TPSA) is 141 Å². The monoisotopic (exact) mass is 339 g/mol. The molecule has 1 fully saturated rings. The van der Waals surface area contributed by atoms with Crippen molar-refractivity contribution in [1.82, 2.24) is 4.98 Å². The molecule has 5 atom stereocenters. The summed E-state index contributed by atoms with van der Waals surface area (Å²) in [6.45, 7) is 0. The molecule has 2 heterocycles. The first-order valence-electron chi connectivity index (χ1n) is 7.16. The number of carboxylic acids is 1. The molecular formula is C15H17NO8. The maximum Gasteiger partial charge on any atom is 0.335 e. The van der Waals surface area contributed by atoms with Crippen molar-refractivity contribution in [2.75, 3.05) is 7.11 Å². The number of aromatic amines is 1. The van der Waals surface area contributed by atoms with Crippen LogP contribution < -0.4 is 9.47 Å². The van der Waals surface area contributed by atoms with Gasteiger partial charge in [0.15, 0.2) is 17.6 Å². The molecule has 9 heteroatoms. The molecule has 24 heavy (non-hydrogen) atoms. The number of carbonyl (C=O) groups is 1. The summed E-state index contributed by atoms with van der Waals surface area (Å²) in [6.07, 6.45) is -6.64. The number of aliphatic carboxylic acids is 1. The van der Waals surface area contributed by atoms with Gasteiger partial charge in [0.05, 0.1) is 7.11 Å². The number of ether oxygens (including phenoxy) is 3. The second kappa shape index (κ2) is 6.29. The molecule has 0 bridgehead atoms. The number of hydrogen-bond acceptors (Lipinski definition) is 7. The van der Waals surface area contributed by atoms with Gasteiger partial charge in [-0.3, -0.25) is 0 Å². The van der Waals surface area contributed by atoms with Crippen LogP contribution in [-0.2, 0) is 9.53 Å². The van der Waals surface area contributed by atoms with Crippen LogP contribution in [0.3, 0.4) is 0 Å². The number of aliphatic hydroxyl groups is 3. The summed E-state index contributed by atoms with van der Waals surface area (Å²) in [5.41, 5.74) is 0.728. The maximum atomic E-state index is 11.1. The number of rotatable bonds is 4. The number of methoxy groups -OCH3 is 1. The second-order valence-electron chi connectivity index (χ2n) is 5.42. The minimum atomic E-state index is -1.77. The van der Waals surface area contributed by atoms with Gasteiger partial charge in [-0.05, 0) is 12.1 Å². The van der Waals surface area contributed by atoms with Crippen molar-refractivity contribution in [3.8, 4) is 11.5 Å². The Labute approximate surface area is 136 Å². The lowest BCUT2D eigenvalue weighted by atomic mass is 9.99. The zero-order valence-corrected chi connectivity index (χ0v) is 12.6. The Balaban J connectivity index is 1.90. The van der Waals surface area contributed by atoms with E-state index in [1.165, 1.54) is 7.11 Å². The Bertz CT molecular complexity index is 744. The Kier molecular flexibility index (Phi) is 4.33. The van der Waals surface area contributed by atoms with E-state index in [0.29, 0.717) is 5.75 Å². The standard InChI is InChI=1S/C15H17NO8/c1-22-8-4-6-2-3-16-7(6)5-9(8)23-15-12(19)10(17)11(18)13(24-15)14(20)21/h2-5,10-13,15-19H,1H3,(H,20,21)/t10-,11-,12-,13-,15+/m0/s1. The Morgan fingerprint density at radius 3 is 2.58 bits per heavy atom. The Hall–Kier alpha value is -2.33. The van der Waals surface area contributed by atoms with Crippen LogP contribution in [0.15, 0.2) is 24.4 Å². The Morgan fingerprint density at radius 1 is 1.17 bits per heavy atom. The van der Waals surface area contributed by atoms with Crippen LogP contribution in [0, 0.1) is 0 Å². The van der Waals surface area contributed by atoms with Crippen LogP contribution in [0.4, 0.5) is 0 Å². The average molecular weight is 339 g/mol. The molecule has 1 aromatic heterocycles. The van der Waals surface area contributed by atoms with E-state index in [1.54, 1.807) is 18.3 Å². The molecule has 2 aromatic rings. The van der Waals surface area contributed by atoms with E-state index in [2.05, 4.69) is 4.98 Å². The van der Waals surface area contributed by atoms with Crippen LogP contribution >= 0.6 is 0 Å². The summed E-state index contributed by atoms with van der Waals surface area (Å²) in [7, 11) is 1.43. The second-order valence-corrected chi connectivity index (χ2v) is 5.42. The first-order chi connectivity index (χ1) is 11.4. The average Bonchev–Trinajstić information content (AvgIpc) is 3.01. The van der Waals surface area contributed by atoms with Crippen LogP contribution in [0.5, 0.6) is 11.5 Å². The quantitative estimate of drug-likeness (QED) is 0.499. The lowest BCUT2D eigenvalue weighted by molar-refractivity contribution is -0.271. The fourth-order valence-electron chi connectivity index (χ4n) is 2.59. The molecule has 0 aliphatic carbocycles. The molecular weight excluding hydrogens is 322 g/mol. The summed E-state index contributed by atoms with van der Waals surface area (Å²) in [5.74, 6) is -0.955. The fourth-order valence-corrected chi connectivity index (χ4v) is 2.59. The number of benzene rings is 1. The van der Waals surface area contributed by atoms with E-state index < -0.39 is 36.7 Å². The number of fused-ring (bicyclic) bond motifs is 1. The van der Waals surface area contributed by atoms with E-state index in [-0.39, 0.29) is 5.75 Å². The van der Waals surface area contributed by atoms with Gasteiger partial charge in [-0.15, -0.1) is 0 Å². The molecule has 1 aromatic carbocycles. The molecule has 1 saturated heterocycles. The van der Waals surface area contributed by atoms with E-state index in [1.807, 2.05) is 6.07 Å². The van der Waals surface area contributed by atoms with Crippen molar-refractivity contribution in [1.29, 1.82) is 0 Å². The summed E-state index contributed by atoms with van der Waals surface area (Å²) >= 11 is 0. The van der Waals surface area contributed by atoms with Gasteiger partial charge in [0.1, 0.15) is 18.3 Å². The van der Waals surface area contributed by atoms with Crippen LogP contribution in [-0.4, -0.2) is 69.2 Å². The highest BCUT2D eigenvalue weighted by atomic mass is 16.7. The number of H-pyrrole nitrogens is 1. The molecule has 5 N–H and O–H groups in total. The normalized spacial score (nSPS) is 30.2. The number of hydrogen-bond donors (Lipinski definition) is 5. The number of nitrogens with one attached hydrogen (secondary N) is 1. The number of carboxylic acid groups (broad SMARTS) is 1. The minimum absolute atomic E-state index is 0.184. The van der Waals surface area contributed by atoms with Crippen molar-refractivity contribution in [3.63, 3.8) is 0 Å². The van der Waals surface area contributed by atoms with E-state index in [0.717, 1.165) is 10.9 Å². The smallest absolute Gasteiger partial charge is 0.335 e. The summed E-state index contributed by atoms with van der Waals surface area (Å²) in [4.78, 5) is 14.1. The van der Waals surface area contributed by atoms with Crippen molar-refractivity contribution in [2.45, 2.75) is 30.7 Å². The lowest BCUT2D eigenvalue weighted by Gasteiger charge is -2.38. The molecule has 3 rings (SSSR count). The number of aliphatic hydroxyl groups excluding tert-OH is 3. The summed E-state index contributed by atoms with van der Waals surface area (Å²) in [5, 5.41) is 39.4. The highest BCUT2D eigenvalue weighted by Crippen LogP contribution is 2.34. The molecule has 0 saturated carbocycles. The highest BCUT2D eigenvalue weighted by molar-refractivity contribution is 5.83. The SMILES string of the molecule is COc1cc2cc[nH]c2cc1O[C@@H]1O[C@H](C(=O)O)[C@@H](O)[C@H](O)[C@@H]1O. The van der Waals surface area contributed by atoms with E-state index in [4.69, 9.17) is 19.3 Å². The first-order valence-corrected chi connectivity index (χ1v) is 7.16. The third kappa shape index (κ3) is 2.78. The van der Waals surface area contributed by atoms with Crippen molar-refractivity contribution in [3.05, 3.63) is 24.4 Å². The van der Waals surface area contributed by atoms with Crippen molar-refractivity contribution < 1.29 is 39.4 Å². The zero-order valence-electron chi connectivity index (χ0n) is 12.6. The van der Waals surface area contributed by atoms with Gasteiger partial charge in [0.25, 0.3) is 0 Å². The maximum absolute atomic E-state index is 11.1. The molecule has 130 valence electrons. The Morgan fingerprint density at radius 2 is 1.92 bits per heavy atom. The molecule has 9 nitrogen and oxygen atoms in total. The minimum Gasteiger partial charge on any atom is -0.493 e. The molecule has 1 aliphatic heterocycles. The van der Waals surface area contributed by atoms with Gasteiger partial charge in [-0.25, -0.2) is 4.79 Å². The predicted octanol–water partition coefficient (Wildman–Crippen LogP) is -0.553. The van der Waals surface area contributed by atoms with Gasteiger partial charge in [-0.2, -0.15) is 0 Å². The van der Waals surface area contributed by atoms with Gasteiger partial charge in [0, 0.05) is 23.2 Å². The van der Waals surface area contributed by atoms with Gasteiger partial charge in [-0.1, -0.05) is 0 Å². The zero-order chi connectivity index (χ0) is 17.4. The van der Waals surface area contributed by atoms with Gasteiger partial charge >= 0.3 is 5.97 Å². The van der Waals surface area contributed by atoms with Crippen molar-refractivity contribution >= 4 is 16.9 Å². The van der Waals surface area contributed by atoms with E-state index in [9.17, 15) is 20.1 Å². The van der Waals surface area contributed by atoms with E-state index >= 15 is 0 Å². The largest absolute Gasteiger partial charge is 0.493 e. The molecule has 0 unspecified atom stereocenters. The highest BCUT2D eigenvalue weighted by Gasteiger charge is 2.48. The van der Waals surface area contributed by atoms with Gasteiger partial charge in [0.2, 0.25) is 6.29 Å². The van der Waals surface area contributed by atoms with Crippen LogP contribution in [0.2, 0.25) is 0 Å². The lowest BCUT2D eigenvalue weighted by Crippen LogP contribution is -2.61. The molecule has 0 amide bonds. The van der Waals surface area contributed by atoms with Crippen LogP contribution in [0.1, 0.15) is 0 Å². The third-order valence-electron chi connectivity index (χ3n) is 3.89. The summed E-state index contributed by atoms with van der Waals surface area (Å²) < 4.78 is 15.8. The fraction of sp³-hybridized carbons (Fsp3) is 0.400. The third-order valence-corrected chi connectivity index (χ3v) is 3.89. The molecule has 1 aliphatic rings. The summed E-state index contributed by atoms with van der Waals surface area (Å²) in [6, 6.07) is 5.11. The molecule has 0 spiro atoms. The first kappa shape index (κ1) is 16.5. The predicted molar refractivity (Wildman–Crippen MR) is 79.8 cm³/mol.